The molecule has 20 rings (SSSR count). The van der Waals surface area contributed by atoms with Gasteiger partial charge in [-0.15, -0.1) is 0 Å². The number of furan rings is 1. The fourth-order valence-electron chi connectivity index (χ4n) is 15.4. The molecule has 0 atom stereocenters. The predicted octanol–water partition coefficient (Wildman–Crippen LogP) is 24.4. The van der Waals surface area contributed by atoms with Crippen molar-refractivity contribution in [3.63, 3.8) is 0 Å². The Morgan fingerprint density at radius 3 is 0.870 bits per heavy atom. The molecule has 7 nitrogen and oxygen atoms in total. The number of hydrogen-bond acceptors (Lipinski definition) is 4. The minimum Gasteiger partial charge on any atom is -0.455 e. The summed E-state index contributed by atoms with van der Waals surface area (Å²) in [6, 6.07) is 127. The summed E-state index contributed by atoms with van der Waals surface area (Å²) in [6.07, 6.45) is 0. The van der Waals surface area contributed by atoms with Crippen LogP contribution in [0.15, 0.2) is 356 Å². The van der Waals surface area contributed by atoms with Gasteiger partial charge in [-0.2, -0.15) is 0 Å². The van der Waals surface area contributed by atoms with Gasteiger partial charge in [-0.3, -0.25) is 0 Å². The van der Waals surface area contributed by atoms with Gasteiger partial charge in [0.15, 0.2) is 17.5 Å². The summed E-state index contributed by atoms with van der Waals surface area (Å²) in [6.45, 7) is 0. The third-order valence-electron chi connectivity index (χ3n) is 20.1. The second-order valence-corrected chi connectivity index (χ2v) is 25.8. The molecule has 466 valence electrons. The molecule has 0 spiro atoms. The van der Waals surface area contributed by atoms with Crippen LogP contribution in [0.1, 0.15) is 0 Å². The van der Waals surface area contributed by atoms with Crippen molar-refractivity contribution >= 4 is 87.4 Å². The summed E-state index contributed by atoms with van der Waals surface area (Å²) in [5.41, 5.74) is 24.4. The molecule has 0 aliphatic heterocycles. The van der Waals surface area contributed by atoms with E-state index in [1.54, 1.807) is 0 Å². The molecule has 0 bridgehead atoms. The van der Waals surface area contributed by atoms with Crippen LogP contribution in [-0.2, 0) is 0 Å². The second-order valence-electron chi connectivity index (χ2n) is 25.8. The Bertz CT molecular complexity index is 6120. The van der Waals surface area contributed by atoms with Gasteiger partial charge in [0.25, 0.3) is 0 Å². The molecule has 0 radical (unpaired) electrons. The molecule has 0 saturated carbocycles. The van der Waals surface area contributed by atoms with Crippen molar-refractivity contribution in [2.75, 3.05) is 0 Å². The highest BCUT2D eigenvalue weighted by molar-refractivity contribution is 6.25. The Kier molecular flexibility index (Phi) is 13.1. The van der Waals surface area contributed by atoms with E-state index in [1.807, 2.05) is 36.4 Å². The molecule has 15 aromatic carbocycles. The van der Waals surface area contributed by atoms with E-state index in [-0.39, 0.29) is 0 Å². The van der Waals surface area contributed by atoms with Crippen LogP contribution in [0.2, 0.25) is 0 Å². The first-order valence-corrected chi connectivity index (χ1v) is 34.0. The van der Waals surface area contributed by atoms with Crippen LogP contribution in [0.4, 0.5) is 0 Å². The molecule has 0 aliphatic carbocycles. The van der Waals surface area contributed by atoms with Crippen molar-refractivity contribution < 1.29 is 4.42 Å². The van der Waals surface area contributed by atoms with Gasteiger partial charge in [0.1, 0.15) is 11.2 Å². The Balaban J connectivity index is 1.00. The van der Waals surface area contributed by atoms with Gasteiger partial charge in [0, 0.05) is 54.4 Å². The summed E-state index contributed by atoms with van der Waals surface area (Å²) in [5.74, 6) is 1.67. The van der Waals surface area contributed by atoms with Crippen molar-refractivity contribution in [1.82, 2.24) is 28.7 Å². The largest absolute Gasteiger partial charge is 0.455 e. The zero-order valence-corrected chi connectivity index (χ0v) is 54.1. The highest BCUT2D eigenvalue weighted by Crippen LogP contribution is 2.49. The maximum absolute atomic E-state index is 7.22. The van der Waals surface area contributed by atoms with Crippen molar-refractivity contribution in [2.45, 2.75) is 0 Å². The molecule has 0 saturated heterocycles. The van der Waals surface area contributed by atoms with Gasteiger partial charge < -0.3 is 18.1 Å². The number of benzene rings is 15. The van der Waals surface area contributed by atoms with Gasteiger partial charge in [-0.1, -0.05) is 261 Å². The quantitative estimate of drug-likeness (QED) is 0.129. The minimum absolute atomic E-state index is 0.525. The second kappa shape index (κ2) is 23.1. The third-order valence-corrected chi connectivity index (χ3v) is 20.1. The van der Waals surface area contributed by atoms with Gasteiger partial charge in [-0.05, 0) is 147 Å². The van der Waals surface area contributed by atoms with E-state index in [4.69, 9.17) is 19.4 Å². The Morgan fingerprint density at radius 2 is 0.500 bits per heavy atom. The zero-order chi connectivity index (χ0) is 65.8. The topological polar surface area (TPSA) is 66.6 Å². The van der Waals surface area contributed by atoms with Crippen LogP contribution < -0.4 is 0 Å². The Morgan fingerprint density at radius 1 is 0.200 bits per heavy atom. The highest BCUT2D eigenvalue weighted by atomic mass is 16.3. The number of hydrogen-bond donors (Lipinski definition) is 0. The van der Waals surface area contributed by atoms with Gasteiger partial charge in [0.05, 0.1) is 55.5 Å². The van der Waals surface area contributed by atoms with E-state index >= 15 is 0 Å². The number of aromatic nitrogens is 6. The summed E-state index contributed by atoms with van der Waals surface area (Å²) in [7, 11) is 0. The molecule has 0 aliphatic rings. The van der Waals surface area contributed by atoms with E-state index in [0.717, 1.165) is 177 Å². The van der Waals surface area contributed by atoms with Gasteiger partial charge in [0.2, 0.25) is 0 Å². The maximum Gasteiger partial charge on any atom is 0.164 e. The van der Waals surface area contributed by atoms with E-state index < -0.39 is 0 Å². The lowest BCUT2D eigenvalue weighted by Gasteiger charge is -2.24. The van der Waals surface area contributed by atoms with Crippen LogP contribution >= 0.6 is 0 Å². The average Bonchev–Trinajstić information content (AvgIpc) is 1.50. The van der Waals surface area contributed by atoms with Crippen molar-refractivity contribution in [1.29, 1.82) is 0 Å². The van der Waals surface area contributed by atoms with Crippen LogP contribution in [0.3, 0.4) is 0 Å². The third kappa shape index (κ3) is 9.32. The first-order chi connectivity index (χ1) is 49.6. The van der Waals surface area contributed by atoms with Gasteiger partial charge in [-0.25, -0.2) is 15.0 Å². The molecule has 0 fully saturated rings. The normalized spacial score (nSPS) is 11.8. The van der Waals surface area contributed by atoms with Crippen LogP contribution in [0, 0.1) is 0 Å². The summed E-state index contributed by atoms with van der Waals surface area (Å²) < 4.78 is 14.8. The Hall–Kier alpha value is -13.5. The Labute approximate surface area is 575 Å². The number of fused-ring (bicyclic) bond motifs is 13. The summed E-state index contributed by atoms with van der Waals surface area (Å²) in [4.78, 5) is 16.5. The van der Waals surface area contributed by atoms with E-state index in [0.29, 0.717) is 17.5 Å². The zero-order valence-electron chi connectivity index (χ0n) is 54.1. The van der Waals surface area contributed by atoms with E-state index in [1.165, 1.54) is 0 Å². The number of nitrogens with zero attached hydrogens (tertiary/aromatic N) is 6. The fourth-order valence-corrected chi connectivity index (χ4v) is 15.4. The van der Waals surface area contributed by atoms with Crippen LogP contribution in [-0.4, -0.2) is 28.7 Å². The summed E-state index contributed by atoms with van der Waals surface area (Å²) in [5, 5.41) is 8.65. The van der Waals surface area contributed by atoms with Crippen molar-refractivity contribution in [3.8, 4) is 107 Å². The number of para-hydroxylation sites is 1. The van der Waals surface area contributed by atoms with E-state index in [2.05, 4.69) is 329 Å². The summed E-state index contributed by atoms with van der Waals surface area (Å²) >= 11 is 0. The molecule has 7 heteroatoms. The lowest BCUT2D eigenvalue weighted by atomic mass is 10.0. The average molecular weight is 1280 g/mol. The molecule has 5 heterocycles. The molecule has 0 unspecified atom stereocenters. The van der Waals surface area contributed by atoms with E-state index in [9.17, 15) is 0 Å². The molecular weight excluding hydrogens is 1220 g/mol. The van der Waals surface area contributed by atoms with Crippen molar-refractivity contribution in [3.05, 3.63) is 352 Å². The molecule has 5 aromatic heterocycles. The molecule has 100 heavy (non-hydrogen) atoms. The lowest BCUT2D eigenvalue weighted by molar-refractivity contribution is 0.673. The van der Waals surface area contributed by atoms with Crippen LogP contribution in [0.5, 0.6) is 0 Å². The smallest absolute Gasteiger partial charge is 0.164 e. The monoisotopic (exact) mass is 1270 g/mol. The SMILES string of the molecule is c1ccc(-c2ccc3c(c2)c2cc(-c4ccccc4)ccc2n3-c2cc(-c3nc(-c4ccccc4)nc(-c4ccccc4)n3)cc(-n3c4ccc(-c5ccccc5)cc4c4cc(-c5ccccc5)ccc43)c2-n2c3ccc(-c4ccccc4)cc3c3c4oc5ccccc5c4ccc32)cc1. The maximum atomic E-state index is 7.22. The predicted molar refractivity (Wildman–Crippen MR) is 414 cm³/mol. The fraction of sp³-hybridized carbons (Fsp3) is 0. The first kappa shape index (κ1) is 56.8. The number of rotatable bonds is 11. The minimum atomic E-state index is 0.525. The first-order valence-electron chi connectivity index (χ1n) is 34.0. The van der Waals surface area contributed by atoms with Crippen molar-refractivity contribution in [2.24, 2.45) is 0 Å². The van der Waals surface area contributed by atoms with Gasteiger partial charge >= 0.3 is 0 Å². The molecular formula is C93H58N6O. The molecule has 0 N–H and O–H groups in total. The molecule has 20 aromatic rings. The lowest BCUT2D eigenvalue weighted by Crippen LogP contribution is -2.10. The highest BCUT2D eigenvalue weighted by Gasteiger charge is 2.30. The standard InChI is InChI=1S/C93H58N6O/c1-8-24-59(25-9-1)66-40-46-79-74(52-66)75-53-67(60-26-10-2-11-27-60)41-47-80(75)97(79)85-57-71(93-95-91(64-34-18-6-19-35-64)94-92(96-93)65-36-20-7-21-37-65)58-86(98-81-48-42-68(61-28-12-3-13-29-61)54-76(81)77-55-69(43-49-82(77)98)62-30-14-4-15-31-62)89(85)99-83-50-44-70(63-32-16-5-17-33-63)56-78(83)88-84(99)51-45-73-72-38-22-23-39-87(72)100-90(73)88/h1-58H. The van der Waals surface area contributed by atoms with Crippen LogP contribution in [0.25, 0.3) is 194 Å². The molecule has 0 amide bonds.